The number of hydrogen-bond donors (Lipinski definition) is 4. The van der Waals surface area contributed by atoms with Crippen molar-refractivity contribution in [1.29, 1.82) is 0 Å². The van der Waals surface area contributed by atoms with Gasteiger partial charge in [-0.15, -0.1) is 0 Å². The van der Waals surface area contributed by atoms with Crippen molar-refractivity contribution in [3.8, 4) is 0 Å². The van der Waals surface area contributed by atoms with E-state index in [1.54, 1.807) is 12.1 Å². The first-order chi connectivity index (χ1) is 22.5. The average molecular weight is 621 g/mol. The Morgan fingerprint density at radius 1 is 0.848 bits per heavy atom. The van der Waals surface area contributed by atoms with Crippen LogP contribution >= 0.6 is 0 Å². The highest BCUT2D eigenvalue weighted by Crippen LogP contribution is 2.30. The molecule has 0 saturated carbocycles. The van der Waals surface area contributed by atoms with Crippen LogP contribution in [0.1, 0.15) is 39.4 Å². The molecule has 3 amide bonds. The summed E-state index contributed by atoms with van der Waals surface area (Å²) >= 11 is 0. The Morgan fingerprint density at radius 2 is 1.46 bits per heavy atom. The Morgan fingerprint density at radius 3 is 2.07 bits per heavy atom. The summed E-state index contributed by atoms with van der Waals surface area (Å²) in [7, 11) is 1.28. The van der Waals surface area contributed by atoms with Crippen LogP contribution in [-0.4, -0.2) is 62.9 Å². The first kappa shape index (κ1) is 32.4. The minimum atomic E-state index is -0.949. The van der Waals surface area contributed by atoms with Crippen LogP contribution in [0.2, 0.25) is 0 Å². The van der Waals surface area contributed by atoms with Gasteiger partial charge < -0.3 is 30.7 Å². The summed E-state index contributed by atoms with van der Waals surface area (Å²) in [6, 6.07) is 35.2. The molecule has 1 aliphatic heterocycles. The number of methoxy groups -OCH3 is 1. The van der Waals surface area contributed by atoms with Crippen LogP contribution in [0.15, 0.2) is 115 Å². The SMILES string of the molecule is COC(=O)NC(C(=O)Nc1ccccc1CCC1CNC(CNC(=O)c2ccccc2)CO1)C(c1ccccc1)c1ccccc1. The standard InChI is InChI=1S/C37H40N4O5/c1-45-37(44)41-34(33(27-14-5-2-6-15-27)28-16-7-3-8-17-28)36(43)40-32-20-12-11-13-26(32)21-22-31-24-38-30(25-46-31)23-39-35(42)29-18-9-4-10-19-29/h2-20,30-31,33-34,38H,21-25H2,1H3,(H,39,42)(H,40,43)(H,41,44). The largest absolute Gasteiger partial charge is 0.453 e. The molecule has 46 heavy (non-hydrogen) atoms. The van der Waals surface area contributed by atoms with Gasteiger partial charge in [0.1, 0.15) is 6.04 Å². The lowest BCUT2D eigenvalue weighted by Gasteiger charge is -2.31. The zero-order valence-corrected chi connectivity index (χ0v) is 25.9. The second-order valence-electron chi connectivity index (χ2n) is 11.2. The summed E-state index contributed by atoms with van der Waals surface area (Å²) in [4.78, 5) is 38.9. The van der Waals surface area contributed by atoms with E-state index < -0.39 is 18.1 Å². The first-order valence-electron chi connectivity index (χ1n) is 15.5. The highest BCUT2D eigenvalue weighted by Gasteiger charge is 2.33. The van der Waals surface area contributed by atoms with Gasteiger partial charge in [-0.2, -0.15) is 0 Å². The molecule has 9 heteroatoms. The smallest absolute Gasteiger partial charge is 0.407 e. The number of ether oxygens (including phenoxy) is 2. The average Bonchev–Trinajstić information content (AvgIpc) is 3.11. The van der Waals surface area contributed by atoms with Crippen molar-refractivity contribution in [1.82, 2.24) is 16.0 Å². The van der Waals surface area contributed by atoms with Gasteiger partial charge in [-0.1, -0.05) is 97.1 Å². The third-order valence-corrected chi connectivity index (χ3v) is 8.12. The van der Waals surface area contributed by atoms with Gasteiger partial charge in [0.05, 0.1) is 19.8 Å². The van der Waals surface area contributed by atoms with Crippen LogP contribution in [0.4, 0.5) is 10.5 Å². The van der Waals surface area contributed by atoms with E-state index in [0.717, 1.165) is 23.1 Å². The lowest BCUT2D eigenvalue weighted by Crippen LogP contribution is -2.51. The molecule has 5 rings (SSSR count). The lowest BCUT2D eigenvalue weighted by atomic mass is 9.84. The van der Waals surface area contributed by atoms with E-state index in [2.05, 4.69) is 21.3 Å². The van der Waals surface area contributed by atoms with Crippen molar-refractivity contribution in [2.75, 3.05) is 32.1 Å². The summed E-state index contributed by atoms with van der Waals surface area (Å²) in [5, 5.41) is 12.3. The van der Waals surface area contributed by atoms with Crippen molar-refractivity contribution >= 4 is 23.6 Å². The molecule has 0 aliphatic carbocycles. The molecule has 0 spiro atoms. The van der Waals surface area contributed by atoms with Gasteiger partial charge >= 0.3 is 6.09 Å². The third-order valence-electron chi connectivity index (χ3n) is 8.12. The molecular formula is C37H40N4O5. The highest BCUT2D eigenvalue weighted by molar-refractivity contribution is 5.98. The van der Waals surface area contributed by atoms with Crippen LogP contribution < -0.4 is 21.3 Å². The maximum Gasteiger partial charge on any atom is 0.407 e. The number of carbonyl (C=O) groups is 3. The Balaban J connectivity index is 1.22. The van der Waals surface area contributed by atoms with Gasteiger partial charge in [-0.05, 0) is 47.7 Å². The second-order valence-corrected chi connectivity index (χ2v) is 11.2. The Hall–Kier alpha value is -4.99. The molecule has 9 nitrogen and oxygen atoms in total. The topological polar surface area (TPSA) is 118 Å². The van der Waals surface area contributed by atoms with Gasteiger partial charge in [0, 0.05) is 36.3 Å². The van der Waals surface area contributed by atoms with Crippen molar-refractivity contribution in [3.63, 3.8) is 0 Å². The van der Waals surface area contributed by atoms with E-state index in [1.807, 2.05) is 103 Å². The highest BCUT2D eigenvalue weighted by atomic mass is 16.5. The minimum Gasteiger partial charge on any atom is -0.453 e. The molecule has 4 aromatic rings. The normalized spacial score (nSPS) is 16.7. The zero-order valence-electron chi connectivity index (χ0n) is 25.9. The predicted octanol–water partition coefficient (Wildman–Crippen LogP) is 4.90. The molecule has 1 saturated heterocycles. The van der Waals surface area contributed by atoms with Gasteiger partial charge in [0.25, 0.3) is 5.91 Å². The monoisotopic (exact) mass is 620 g/mol. The van der Waals surface area contributed by atoms with Gasteiger partial charge in [0.15, 0.2) is 0 Å². The number of aryl methyl sites for hydroxylation is 1. The van der Waals surface area contributed by atoms with E-state index >= 15 is 0 Å². The second kappa shape index (κ2) is 16.4. The molecule has 0 aromatic heterocycles. The fraction of sp³-hybridized carbons (Fsp3) is 0.270. The quantitative estimate of drug-likeness (QED) is 0.179. The van der Waals surface area contributed by atoms with Crippen molar-refractivity contribution in [3.05, 3.63) is 138 Å². The fourth-order valence-corrected chi connectivity index (χ4v) is 5.66. The van der Waals surface area contributed by atoms with E-state index in [1.165, 1.54) is 7.11 Å². The molecule has 0 radical (unpaired) electrons. The van der Waals surface area contributed by atoms with Gasteiger partial charge in [-0.3, -0.25) is 9.59 Å². The Kier molecular flexibility index (Phi) is 11.5. The number of nitrogens with one attached hydrogen (secondary N) is 4. The molecule has 238 valence electrons. The molecule has 1 heterocycles. The summed E-state index contributed by atoms with van der Waals surface area (Å²) in [6.45, 7) is 1.61. The van der Waals surface area contributed by atoms with Gasteiger partial charge in [0.2, 0.25) is 5.91 Å². The number of para-hydroxylation sites is 1. The summed E-state index contributed by atoms with van der Waals surface area (Å²) in [5.41, 5.74) is 4.04. The third kappa shape index (κ3) is 8.80. The van der Waals surface area contributed by atoms with Crippen LogP contribution in [0.25, 0.3) is 0 Å². The number of rotatable bonds is 12. The van der Waals surface area contributed by atoms with E-state index in [-0.39, 0.29) is 24.0 Å². The first-order valence-corrected chi connectivity index (χ1v) is 15.5. The number of alkyl carbamates (subject to hydrolysis) is 1. The molecular weight excluding hydrogens is 580 g/mol. The number of amides is 3. The number of benzene rings is 4. The van der Waals surface area contributed by atoms with Crippen molar-refractivity contribution in [2.24, 2.45) is 0 Å². The molecule has 4 N–H and O–H groups in total. The molecule has 1 fully saturated rings. The maximum atomic E-state index is 14.0. The summed E-state index contributed by atoms with van der Waals surface area (Å²) in [6.07, 6.45) is 0.710. The van der Waals surface area contributed by atoms with Crippen molar-refractivity contribution in [2.45, 2.75) is 36.9 Å². The van der Waals surface area contributed by atoms with Crippen LogP contribution in [0.5, 0.6) is 0 Å². The summed E-state index contributed by atoms with van der Waals surface area (Å²) in [5.74, 6) is -0.918. The van der Waals surface area contributed by atoms with Crippen LogP contribution in [0, 0.1) is 0 Å². The minimum absolute atomic E-state index is 0.0147. The Bertz CT molecular complexity index is 1520. The molecule has 4 aromatic carbocycles. The molecule has 3 atom stereocenters. The van der Waals surface area contributed by atoms with Crippen molar-refractivity contribution < 1.29 is 23.9 Å². The lowest BCUT2D eigenvalue weighted by molar-refractivity contribution is -0.118. The molecule has 1 aliphatic rings. The number of hydrogen-bond acceptors (Lipinski definition) is 6. The van der Waals surface area contributed by atoms with E-state index in [9.17, 15) is 14.4 Å². The van der Waals surface area contributed by atoms with E-state index in [4.69, 9.17) is 9.47 Å². The van der Waals surface area contributed by atoms with E-state index in [0.29, 0.717) is 37.4 Å². The molecule has 0 bridgehead atoms. The predicted molar refractivity (Wildman–Crippen MR) is 178 cm³/mol. The number of anilines is 1. The summed E-state index contributed by atoms with van der Waals surface area (Å²) < 4.78 is 11.0. The maximum absolute atomic E-state index is 14.0. The van der Waals surface area contributed by atoms with Crippen LogP contribution in [-0.2, 0) is 20.7 Å². The van der Waals surface area contributed by atoms with Gasteiger partial charge in [-0.25, -0.2) is 4.79 Å². The molecule has 3 unspecified atom stereocenters. The Labute approximate surface area is 269 Å². The number of morpholine rings is 1. The zero-order chi connectivity index (χ0) is 32.1. The number of carbonyl (C=O) groups excluding carboxylic acids is 3. The van der Waals surface area contributed by atoms with Crippen LogP contribution in [0.3, 0.4) is 0 Å². The fourth-order valence-electron chi connectivity index (χ4n) is 5.66.